The van der Waals surface area contributed by atoms with Crippen molar-refractivity contribution in [2.24, 2.45) is 0 Å². The number of nitrogens with one attached hydrogen (secondary N) is 2. The molecule has 1 aliphatic carbocycles. The first kappa shape index (κ1) is 20.6. The molecule has 0 aromatic heterocycles. The Morgan fingerprint density at radius 2 is 1.64 bits per heavy atom. The number of rotatable bonds is 5. The predicted molar refractivity (Wildman–Crippen MR) is 108 cm³/mol. The number of carbonyl (C=O) groups is 1. The Hall–Kier alpha value is -2.12. The summed E-state index contributed by atoms with van der Waals surface area (Å²) in [7, 11) is -3.96. The standard InChI is InChI=1S/C20H22ClFN2O3S/c21-18-12-7-14(20(25)23-16-5-3-1-2-4-6-16)13-19(18)24-28(26,27)17-10-8-15(22)9-11-17/h7-13,16,24H,1-6H2,(H,23,25). The molecule has 0 radical (unpaired) electrons. The fourth-order valence-corrected chi connectivity index (χ4v) is 4.55. The van der Waals surface area contributed by atoms with Crippen LogP contribution in [0.2, 0.25) is 5.02 Å². The Labute approximate surface area is 169 Å². The molecule has 2 N–H and O–H groups in total. The van der Waals surface area contributed by atoms with Crippen LogP contribution >= 0.6 is 11.6 Å². The third-order valence-electron chi connectivity index (χ3n) is 4.79. The SMILES string of the molecule is O=C(NC1CCCCCC1)c1ccc(Cl)c(NS(=O)(=O)c2ccc(F)cc2)c1. The summed E-state index contributed by atoms with van der Waals surface area (Å²) in [5.74, 6) is -0.792. The number of hydrogen-bond acceptors (Lipinski definition) is 3. The highest BCUT2D eigenvalue weighted by Crippen LogP contribution is 2.26. The van der Waals surface area contributed by atoms with Crippen molar-refractivity contribution in [1.29, 1.82) is 0 Å². The van der Waals surface area contributed by atoms with Gasteiger partial charge in [-0.2, -0.15) is 0 Å². The van der Waals surface area contributed by atoms with Gasteiger partial charge in [0.2, 0.25) is 0 Å². The Balaban J connectivity index is 1.77. The zero-order chi connectivity index (χ0) is 20.1. The number of carbonyl (C=O) groups excluding carboxylic acids is 1. The molecule has 0 bridgehead atoms. The number of benzene rings is 2. The number of halogens is 2. The molecule has 8 heteroatoms. The van der Waals surface area contributed by atoms with Crippen molar-refractivity contribution in [3.05, 3.63) is 58.9 Å². The van der Waals surface area contributed by atoms with Crippen molar-refractivity contribution in [1.82, 2.24) is 5.32 Å². The average molecular weight is 425 g/mol. The van der Waals surface area contributed by atoms with Crippen molar-refractivity contribution in [2.75, 3.05) is 4.72 Å². The van der Waals surface area contributed by atoms with Crippen LogP contribution in [0.25, 0.3) is 0 Å². The molecule has 1 amide bonds. The Bertz CT molecular complexity index is 940. The first-order chi connectivity index (χ1) is 13.3. The highest BCUT2D eigenvalue weighted by atomic mass is 35.5. The minimum atomic E-state index is -3.96. The largest absolute Gasteiger partial charge is 0.349 e. The first-order valence-corrected chi connectivity index (χ1v) is 11.1. The van der Waals surface area contributed by atoms with Crippen LogP contribution < -0.4 is 10.0 Å². The van der Waals surface area contributed by atoms with Crippen LogP contribution in [0.4, 0.5) is 10.1 Å². The lowest BCUT2D eigenvalue weighted by atomic mass is 10.1. The fraction of sp³-hybridized carbons (Fsp3) is 0.350. The molecule has 0 aliphatic heterocycles. The zero-order valence-corrected chi connectivity index (χ0v) is 16.8. The van der Waals surface area contributed by atoms with Crippen molar-refractivity contribution in [2.45, 2.75) is 49.5 Å². The second-order valence-corrected chi connectivity index (χ2v) is 9.01. The second-order valence-electron chi connectivity index (χ2n) is 6.92. The molecule has 28 heavy (non-hydrogen) atoms. The summed E-state index contributed by atoms with van der Waals surface area (Å²) in [6, 6.07) is 9.03. The van der Waals surface area contributed by atoms with Crippen LogP contribution in [-0.4, -0.2) is 20.4 Å². The lowest BCUT2D eigenvalue weighted by Crippen LogP contribution is -2.34. The molecule has 0 heterocycles. The van der Waals surface area contributed by atoms with E-state index < -0.39 is 15.8 Å². The first-order valence-electron chi connectivity index (χ1n) is 9.24. The van der Waals surface area contributed by atoms with Crippen LogP contribution in [0.5, 0.6) is 0 Å². The summed E-state index contributed by atoms with van der Waals surface area (Å²) >= 11 is 6.11. The molecule has 2 aromatic rings. The summed E-state index contributed by atoms with van der Waals surface area (Å²) in [5.41, 5.74) is 0.421. The van der Waals surface area contributed by atoms with Gasteiger partial charge in [0.25, 0.3) is 15.9 Å². The molecular weight excluding hydrogens is 403 g/mol. The highest BCUT2D eigenvalue weighted by molar-refractivity contribution is 7.92. The van der Waals surface area contributed by atoms with Crippen LogP contribution in [0, 0.1) is 5.82 Å². The van der Waals surface area contributed by atoms with E-state index in [1.165, 1.54) is 25.0 Å². The van der Waals surface area contributed by atoms with Crippen LogP contribution in [0.15, 0.2) is 47.4 Å². The summed E-state index contributed by atoms with van der Waals surface area (Å²) in [4.78, 5) is 12.5. The minimum absolute atomic E-state index is 0.0968. The molecule has 2 aromatic carbocycles. The minimum Gasteiger partial charge on any atom is -0.349 e. The van der Waals surface area contributed by atoms with E-state index in [0.717, 1.165) is 49.9 Å². The van der Waals surface area contributed by atoms with E-state index in [4.69, 9.17) is 11.6 Å². The predicted octanol–water partition coefficient (Wildman–Crippen LogP) is 4.73. The Morgan fingerprint density at radius 3 is 2.29 bits per heavy atom. The maximum atomic E-state index is 13.0. The van der Waals surface area contributed by atoms with Crippen molar-refractivity contribution in [3.63, 3.8) is 0 Å². The Kier molecular flexibility index (Phi) is 6.57. The van der Waals surface area contributed by atoms with E-state index in [2.05, 4.69) is 10.0 Å². The summed E-state index contributed by atoms with van der Waals surface area (Å²) in [5, 5.41) is 3.19. The summed E-state index contributed by atoms with van der Waals surface area (Å²) in [6.45, 7) is 0. The maximum Gasteiger partial charge on any atom is 0.261 e. The molecule has 0 atom stereocenters. The van der Waals surface area contributed by atoms with Crippen molar-refractivity contribution >= 4 is 33.2 Å². The molecule has 3 rings (SSSR count). The average Bonchev–Trinajstić information content (AvgIpc) is 2.92. The van der Waals surface area contributed by atoms with Crippen LogP contribution in [0.3, 0.4) is 0 Å². The molecule has 1 fully saturated rings. The summed E-state index contributed by atoms with van der Waals surface area (Å²) < 4.78 is 40.4. The molecule has 1 saturated carbocycles. The van der Waals surface area contributed by atoms with Gasteiger partial charge in [0.05, 0.1) is 15.6 Å². The van der Waals surface area contributed by atoms with Gasteiger partial charge in [-0.1, -0.05) is 37.3 Å². The second kappa shape index (κ2) is 8.92. The van der Waals surface area contributed by atoms with Crippen LogP contribution in [-0.2, 0) is 10.0 Å². The number of sulfonamides is 1. The van der Waals surface area contributed by atoms with Gasteiger partial charge in [-0.3, -0.25) is 9.52 Å². The van der Waals surface area contributed by atoms with Gasteiger partial charge in [0.15, 0.2) is 0 Å². The molecule has 5 nitrogen and oxygen atoms in total. The number of hydrogen-bond donors (Lipinski definition) is 2. The molecule has 0 saturated heterocycles. The lowest BCUT2D eigenvalue weighted by molar-refractivity contribution is 0.0933. The fourth-order valence-electron chi connectivity index (χ4n) is 3.25. The van der Waals surface area contributed by atoms with Crippen LogP contribution in [0.1, 0.15) is 48.9 Å². The smallest absolute Gasteiger partial charge is 0.261 e. The quantitative estimate of drug-likeness (QED) is 0.681. The van der Waals surface area contributed by atoms with Gasteiger partial charge in [0.1, 0.15) is 5.82 Å². The summed E-state index contributed by atoms with van der Waals surface area (Å²) in [6.07, 6.45) is 6.45. The van der Waals surface area contributed by atoms with Gasteiger partial charge in [-0.05, 0) is 55.3 Å². The normalized spacial score (nSPS) is 15.6. The third kappa shape index (κ3) is 5.23. The topological polar surface area (TPSA) is 75.3 Å². The monoisotopic (exact) mass is 424 g/mol. The Morgan fingerprint density at radius 1 is 1.00 bits per heavy atom. The van der Waals surface area contributed by atoms with Gasteiger partial charge in [-0.25, -0.2) is 12.8 Å². The van der Waals surface area contributed by atoms with E-state index in [0.29, 0.717) is 5.56 Å². The van der Waals surface area contributed by atoms with E-state index in [1.54, 1.807) is 6.07 Å². The number of amides is 1. The molecule has 1 aliphatic rings. The lowest BCUT2D eigenvalue weighted by Gasteiger charge is -2.17. The molecule has 0 unspecified atom stereocenters. The van der Waals surface area contributed by atoms with Crippen molar-refractivity contribution < 1.29 is 17.6 Å². The van der Waals surface area contributed by atoms with E-state index in [-0.39, 0.29) is 27.6 Å². The van der Waals surface area contributed by atoms with Crippen molar-refractivity contribution in [3.8, 4) is 0 Å². The molecular formula is C20H22ClFN2O3S. The van der Waals surface area contributed by atoms with Gasteiger partial charge in [-0.15, -0.1) is 0 Å². The van der Waals surface area contributed by atoms with E-state index in [1.807, 2.05) is 0 Å². The number of anilines is 1. The van der Waals surface area contributed by atoms with Gasteiger partial charge >= 0.3 is 0 Å². The zero-order valence-electron chi connectivity index (χ0n) is 15.3. The van der Waals surface area contributed by atoms with Gasteiger partial charge < -0.3 is 5.32 Å². The highest BCUT2D eigenvalue weighted by Gasteiger charge is 2.19. The maximum absolute atomic E-state index is 13.0. The third-order valence-corrected chi connectivity index (χ3v) is 6.50. The molecule has 0 spiro atoms. The van der Waals surface area contributed by atoms with E-state index in [9.17, 15) is 17.6 Å². The van der Waals surface area contributed by atoms with E-state index >= 15 is 0 Å². The molecule has 150 valence electrons. The van der Waals surface area contributed by atoms with Gasteiger partial charge in [0, 0.05) is 11.6 Å².